The molecule has 0 radical (unpaired) electrons. The maximum Gasteiger partial charge on any atom is 0.197 e. The molecular formula is C16H16FN5S. The topological polar surface area (TPSA) is 56.5 Å². The molecule has 7 heteroatoms. The van der Waals surface area contributed by atoms with Gasteiger partial charge in [0.05, 0.1) is 5.69 Å². The molecule has 0 spiro atoms. The summed E-state index contributed by atoms with van der Waals surface area (Å²) in [5.74, 6) is 0.345. The molecule has 5 nitrogen and oxygen atoms in total. The van der Waals surface area contributed by atoms with Crippen molar-refractivity contribution in [3.63, 3.8) is 0 Å². The van der Waals surface area contributed by atoms with Gasteiger partial charge in [0.1, 0.15) is 11.4 Å². The van der Waals surface area contributed by atoms with Crippen LogP contribution in [0.5, 0.6) is 0 Å². The predicted molar refractivity (Wildman–Crippen MR) is 86.7 cm³/mol. The van der Waals surface area contributed by atoms with E-state index in [2.05, 4.69) is 20.2 Å². The highest BCUT2D eigenvalue weighted by Gasteiger charge is 2.16. The first-order valence-electron chi connectivity index (χ1n) is 7.23. The van der Waals surface area contributed by atoms with Crippen LogP contribution in [0, 0.1) is 12.7 Å². The second-order valence-electron chi connectivity index (χ2n) is 5.13. The fraction of sp³-hybridized carbons (Fsp3) is 0.250. The Morgan fingerprint density at radius 1 is 1.13 bits per heavy atom. The number of nitrogens with zero attached hydrogens (tertiary/aromatic N) is 5. The lowest BCUT2D eigenvalue weighted by Crippen LogP contribution is -1.99. The van der Waals surface area contributed by atoms with Crippen molar-refractivity contribution in [2.45, 2.75) is 30.5 Å². The van der Waals surface area contributed by atoms with Crippen molar-refractivity contribution >= 4 is 11.8 Å². The highest BCUT2D eigenvalue weighted by Crippen LogP contribution is 2.29. The Labute approximate surface area is 138 Å². The fourth-order valence-corrected chi connectivity index (χ4v) is 2.93. The van der Waals surface area contributed by atoms with Crippen LogP contribution in [-0.2, 0) is 13.5 Å². The number of aryl methyl sites for hydroxylation is 2. The van der Waals surface area contributed by atoms with E-state index in [0.717, 1.165) is 23.1 Å². The van der Waals surface area contributed by atoms with Gasteiger partial charge in [-0.2, -0.15) is 0 Å². The van der Waals surface area contributed by atoms with E-state index in [1.54, 1.807) is 0 Å². The molecule has 3 aromatic rings. The lowest BCUT2D eigenvalue weighted by atomic mass is 10.1. The summed E-state index contributed by atoms with van der Waals surface area (Å²) < 4.78 is 16.1. The Kier molecular flexibility index (Phi) is 4.38. The Morgan fingerprint density at radius 3 is 2.57 bits per heavy atom. The molecule has 0 saturated carbocycles. The van der Waals surface area contributed by atoms with E-state index < -0.39 is 0 Å². The third-order valence-corrected chi connectivity index (χ3v) is 4.51. The molecule has 0 unspecified atom stereocenters. The molecule has 3 rings (SSSR count). The lowest BCUT2D eigenvalue weighted by Gasteiger charge is -2.05. The third kappa shape index (κ3) is 3.10. The van der Waals surface area contributed by atoms with Crippen LogP contribution in [0.2, 0.25) is 0 Å². The van der Waals surface area contributed by atoms with Crippen molar-refractivity contribution in [3.8, 4) is 11.4 Å². The summed E-state index contributed by atoms with van der Waals surface area (Å²) in [5, 5.41) is 9.22. The van der Waals surface area contributed by atoms with Gasteiger partial charge in [-0.05, 0) is 25.1 Å². The van der Waals surface area contributed by atoms with Gasteiger partial charge < -0.3 is 4.57 Å². The first-order valence-corrected chi connectivity index (χ1v) is 8.05. The molecule has 0 saturated heterocycles. The lowest BCUT2D eigenvalue weighted by molar-refractivity contribution is 0.558. The van der Waals surface area contributed by atoms with Crippen molar-refractivity contribution in [1.82, 2.24) is 24.7 Å². The Balaban J connectivity index is 1.92. The zero-order valence-corrected chi connectivity index (χ0v) is 13.9. The molecule has 0 N–H and O–H groups in total. The van der Waals surface area contributed by atoms with Gasteiger partial charge in [0.25, 0.3) is 0 Å². The first-order chi connectivity index (χ1) is 11.1. The molecule has 0 aliphatic carbocycles. The highest BCUT2D eigenvalue weighted by molar-refractivity contribution is 7.99. The van der Waals surface area contributed by atoms with E-state index >= 15 is 0 Å². The van der Waals surface area contributed by atoms with E-state index in [0.29, 0.717) is 17.3 Å². The largest absolute Gasteiger partial charge is 0.305 e. The predicted octanol–water partition coefficient (Wildman–Crippen LogP) is 3.43. The fourth-order valence-electron chi connectivity index (χ4n) is 2.15. The second-order valence-corrected chi connectivity index (χ2v) is 6.08. The number of hydrogen-bond acceptors (Lipinski definition) is 5. The van der Waals surface area contributed by atoms with E-state index in [4.69, 9.17) is 0 Å². The van der Waals surface area contributed by atoms with Crippen molar-refractivity contribution in [2.75, 3.05) is 0 Å². The molecule has 0 atom stereocenters. The van der Waals surface area contributed by atoms with E-state index in [-0.39, 0.29) is 10.8 Å². The monoisotopic (exact) mass is 329 g/mol. The highest BCUT2D eigenvalue weighted by atomic mass is 32.2. The van der Waals surface area contributed by atoms with Gasteiger partial charge in [-0.15, -0.1) is 10.2 Å². The average Bonchev–Trinajstić information content (AvgIpc) is 2.91. The van der Waals surface area contributed by atoms with Crippen LogP contribution in [0.4, 0.5) is 4.39 Å². The minimum absolute atomic E-state index is 0.266. The smallest absolute Gasteiger partial charge is 0.197 e. The molecule has 23 heavy (non-hydrogen) atoms. The Bertz CT molecular complexity index is 829. The maximum absolute atomic E-state index is 14.3. The second kappa shape index (κ2) is 6.45. The van der Waals surface area contributed by atoms with Crippen LogP contribution < -0.4 is 0 Å². The first kappa shape index (κ1) is 15.6. The molecule has 0 amide bonds. The number of rotatable bonds is 4. The molecule has 0 aliphatic rings. The van der Waals surface area contributed by atoms with Gasteiger partial charge in [0, 0.05) is 12.6 Å². The van der Waals surface area contributed by atoms with Crippen molar-refractivity contribution in [1.29, 1.82) is 0 Å². The van der Waals surface area contributed by atoms with E-state index in [9.17, 15) is 4.39 Å². The molecule has 2 heterocycles. The minimum atomic E-state index is -0.389. The molecule has 118 valence electrons. The molecule has 0 fully saturated rings. The summed E-state index contributed by atoms with van der Waals surface area (Å²) in [6, 6.07) is 8.03. The van der Waals surface area contributed by atoms with Crippen LogP contribution in [-0.4, -0.2) is 24.7 Å². The maximum atomic E-state index is 14.3. The quantitative estimate of drug-likeness (QED) is 0.686. The summed E-state index contributed by atoms with van der Waals surface area (Å²) in [4.78, 5) is 7.95. The number of halogens is 1. The van der Waals surface area contributed by atoms with E-state index in [1.807, 2.05) is 49.7 Å². The number of aromatic nitrogens is 5. The third-order valence-electron chi connectivity index (χ3n) is 3.50. The molecule has 0 aliphatic heterocycles. The molecule has 0 bridgehead atoms. The van der Waals surface area contributed by atoms with Crippen LogP contribution in [0.3, 0.4) is 0 Å². The molecule has 1 aromatic carbocycles. The van der Waals surface area contributed by atoms with Gasteiger partial charge in [-0.1, -0.05) is 36.8 Å². The van der Waals surface area contributed by atoms with Crippen LogP contribution in [0.25, 0.3) is 11.4 Å². The minimum Gasteiger partial charge on any atom is -0.305 e. The SMILES string of the molecule is CCc1ncnc(Sc2nnc(-c3ccc(C)cc3)n2C)c1F. The van der Waals surface area contributed by atoms with Crippen molar-refractivity contribution in [2.24, 2.45) is 7.05 Å². The standard InChI is InChI=1S/C16H16FN5S/c1-4-12-13(17)15(19-9-18-12)23-16-21-20-14(22(16)3)11-7-5-10(2)6-8-11/h5-9H,4H2,1-3H3. The summed E-state index contributed by atoms with van der Waals surface area (Å²) >= 11 is 1.15. The summed E-state index contributed by atoms with van der Waals surface area (Å²) in [7, 11) is 1.86. The number of benzene rings is 1. The van der Waals surface area contributed by atoms with Crippen LogP contribution in [0.1, 0.15) is 18.2 Å². The molecular weight excluding hydrogens is 313 g/mol. The van der Waals surface area contributed by atoms with Gasteiger partial charge in [-0.3, -0.25) is 0 Å². The zero-order chi connectivity index (χ0) is 16.4. The van der Waals surface area contributed by atoms with Crippen LogP contribution in [0.15, 0.2) is 40.8 Å². The summed E-state index contributed by atoms with van der Waals surface area (Å²) in [6.07, 6.45) is 1.90. The Hall–Kier alpha value is -2.28. The Morgan fingerprint density at radius 2 is 1.87 bits per heavy atom. The van der Waals surface area contributed by atoms with Crippen LogP contribution >= 0.6 is 11.8 Å². The number of hydrogen-bond donors (Lipinski definition) is 0. The summed E-state index contributed by atoms with van der Waals surface area (Å²) in [6.45, 7) is 3.89. The van der Waals surface area contributed by atoms with Gasteiger partial charge in [0.15, 0.2) is 16.8 Å². The zero-order valence-electron chi connectivity index (χ0n) is 13.1. The average molecular weight is 329 g/mol. The molecule has 2 aromatic heterocycles. The van der Waals surface area contributed by atoms with Crippen molar-refractivity contribution < 1.29 is 4.39 Å². The van der Waals surface area contributed by atoms with Gasteiger partial charge in [0.2, 0.25) is 0 Å². The summed E-state index contributed by atoms with van der Waals surface area (Å²) in [5.41, 5.74) is 2.55. The van der Waals surface area contributed by atoms with Gasteiger partial charge in [-0.25, -0.2) is 14.4 Å². The van der Waals surface area contributed by atoms with Crippen molar-refractivity contribution in [3.05, 3.63) is 47.7 Å². The normalized spacial score (nSPS) is 11.0. The van der Waals surface area contributed by atoms with E-state index in [1.165, 1.54) is 11.9 Å². The van der Waals surface area contributed by atoms with Gasteiger partial charge >= 0.3 is 0 Å².